The van der Waals surface area contributed by atoms with Gasteiger partial charge in [-0.05, 0) is 43.7 Å². The number of rotatable bonds is 4. The van der Waals surface area contributed by atoms with Crippen molar-refractivity contribution < 1.29 is 0 Å². The second-order valence-electron chi connectivity index (χ2n) is 7.77. The van der Waals surface area contributed by atoms with Gasteiger partial charge in [0.2, 0.25) is 0 Å². The van der Waals surface area contributed by atoms with E-state index in [-0.39, 0.29) is 5.56 Å². The molecule has 0 aliphatic rings. The van der Waals surface area contributed by atoms with E-state index in [0.717, 1.165) is 33.2 Å². The Morgan fingerprint density at radius 1 is 0.969 bits per heavy atom. The Hall–Kier alpha value is -3.51. The van der Waals surface area contributed by atoms with Crippen LogP contribution in [0.2, 0.25) is 0 Å². The minimum atomic E-state index is -0.185. The number of hydrogen-bond acceptors (Lipinski definition) is 3. The van der Waals surface area contributed by atoms with Crippen LogP contribution in [0.25, 0.3) is 21.8 Å². The molecule has 5 rings (SSSR count). The minimum Gasteiger partial charge on any atom is -0.340 e. The van der Waals surface area contributed by atoms with E-state index in [9.17, 15) is 4.79 Å². The van der Waals surface area contributed by atoms with E-state index in [0.29, 0.717) is 16.7 Å². The molecule has 2 aromatic heterocycles. The molecule has 32 heavy (non-hydrogen) atoms. The van der Waals surface area contributed by atoms with Crippen molar-refractivity contribution in [3.63, 3.8) is 0 Å². The lowest BCUT2D eigenvalue weighted by Crippen LogP contribution is -2.20. The van der Waals surface area contributed by atoms with Gasteiger partial charge in [-0.2, -0.15) is 9.78 Å². The molecule has 3 aromatic carbocycles. The van der Waals surface area contributed by atoms with E-state index in [1.165, 1.54) is 10.2 Å². The summed E-state index contributed by atoms with van der Waals surface area (Å²) in [5, 5.41) is 6.21. The van der Waals surface area contributed by atoms with Crippen LogP contribution in [0.3, 0.4) is 0 Å². The molecule has 0 atom stereocenters. The fourth-order valence-corrected chi connectivity index (χ4v) is 4.46. The maximum Gasteiger partial charge on any atom is 0.282 e. The zero-order valence-electron chi connectivity index (χ0n) is 17.8. The van der Waals surface area contributed by atoms with Crippen LogP contribution in [0.5, 0.6) is 0 Å². The SMILES string of the molecule is Cc1nc2ccc(Br)cc2c(=O)n1N=Cc1c(C)n(Cc2ccccc2)c2ccccc12. The van der Waals surface area contributed by atoms with Crippen LogP contribution in [0, 0.1) is 13.8 Å². The predicted molar refractivity (Wildman–Crippen MR) is 134 cm³/mol. The molecule has 5 aromatic rings. The third-order valence-electron chi connectivity index (χ3n) is 5.74. The molecule has 0 radical (unpaired) electrons. The number of halogens is 1. The number of hydrogen-bond donors (Lipinski definition) is 0. The smallest absolute Gasteiger partial charge is 0.282 e. The summed E-state index contributed by atoms with van der Waals surface area (Å²) in [4.78, 5) is 17.7. The zero-order chi connectivity index (χ0) is 22.2. The number of fused-ring (bicyclic) bond motifs is 2. The highest BCUT2D eigenvalue weighted by atomic mass is 79.9. The molecule has 0 fully saturated rings. The number of aromatic nitrogens is 3. The lowest BCUT2D eigenvalue weighted by atomic mass is 10.1. The van der Waals surface area contributed by atoms with Crippen LogP contribution in [-0.2, 0) is 6.54 Å². The van der Waals surface area contributed by atoms with Gasteiger partial charge in [0.05, 0.1) is 17.1 Å². The molecule has 0 aliphatic heterocycles. The summed E-state index contributed by atoms with van der Waals surface area (Å²) in [6, 6.07) is 24.2. The van der Waals surface area contributed by atoms with Crippen molar-refractivity contribution in [3.05, 3.63) is 110 Å². The first-order valence-corrected chi connectivity index (χ1v) is 11.2. The maximum atomic E-state index is 13.1. The van der Waals surface area contributed by atoms with Crippen LogP contribution < -0.4 is 5.56 Å². The van der Waals surface area contributed by atoms with Gasteiger partial charge >= 0.3 is 0 Å². The second-order valence-corrected chi connectivity index (χ2v) is 8.69. The summed E-state index contributed by atoms with van der Waals surface area (Å²) in [5.41, 5.74) is 4.95. The fraction of sp³-hybridized carbons (Fsp3) is 0.115. The molecule has 158 valence electrons. The van der Waals surface area contributed by atoms with Crippen molar-refractivity contribution in [1.29, 1.82) is 0 Å². The van der Waals surface area contributed by atoms with E-state index in [2.05, 4.69) is 73.9 Å². The fourth-order valence-electron chi connectivity index (χ4n) is 4.10. The van der Waals surface area contributed by atoms with Gasteiger partial charge in [-0.3, -0.25) is 4.79 Å². The highest BCUT2D eigenvalue weighted by molar-refractivity contribution is 9.10. The van der Waals surface area contributed by atoms with Crippen molar-refractivity contribution in [2.75, 3.05) is 0 Å². The number of nitrogens with zero attached hydrogens (tertiary/aromatic N) is 4. The van der Waals surface area contributed by atoms with Crippen LogP contribution in [0.1, 0.15) is 22.6 Å². The van der Waals surface area contributed by atoms with Crippen LogP contribution in [0.15, 0.2) is 87.2 Å². The van der Waals surface area contributed by atoms with Crippen molar-refractivity contribution in [1.82, 2.24) is 14.2 Å². The molecule has 0 saturated carbocycles. The molecule has 0 N–H and O–H groups in total. The lowest BCUT2D eigenvalue weighted by Gasteiger charge is -2.08. The summed E-state index contributed by atoms with van der Waals surface area (Å²) in [6.45, 7) is 4.66. The summed E-state index contributed by atoms with van der Waals surface area (Å²) in [6.07, 6.45) is 1.78. The summed E-state index contributed by atoms with van der Waals surface area (Å²) < 4.78 is 4.50. The first kappa shape index (κ1) is 20.4. The highest BCUT2D eigenvalue weighted by Gasteiger charge is 2.13. The first-order valence-electron chi connectivity index (χ1n) is 10.4. The predicted octanol–water partition coefficient (Wildman–Crippen LogP) is 5.66. The highest BCUT2D eigenvalue weighted by Crippen LogP contribution is 2.26. The van der Waals surface area contributed by atoms with Crippen LogP contribution in [0.4, 0.5) is 0 Å². The maximum absolute atomic E-state index is 13.1. The molecular formula is C26H21BrN4O. The molecule has 0 amide bonds. The summed E-state index contributed by atoms with van der Waals surface area (Å²) in [5.74, 6) is 0.548. The van der Waals surface area contributed by atoms with Gasteiger partial charge < -0.3 is 4.57 Å². The Morgan fingerprint density at radius 3 is 2.53 bits per heavy atom. The zero-order valence-corrected chi connectivity index (χ0v) is 19.4. The number of aryl methyl sites for hydroxylation is 1. The van der Waals surface area contributed by atoms with Gasteiger partial charge in [-0.25, -0.2) is 4.98 Å². The Bertz CT molecular complexity index is 1550. The van der Waals surface area contributed by atoms with Gasteiger partial charge in [0.1, 0.15) is 5.82 Å². The van der Waals surface area contributed by atoms with E-state index >= 15 is 0 Å². The van der Waals surface area contributed by atoms with Gasteiger partial charge in [0.25, 0.3) is 5.56 Å². The summed E-state index contributed by atoms with van der Waals surface area (Å²) >= 11 is 3.43. The Labute approximate surface area is 193 Å². The van der Waals surface area contributed by atoms with E-state index < -0.39 is 0 Å². The average molecular weight is 485 g/mol. The van der Waals surface area contributed by atoms with Gasteiger partial charge in [-0.1, -0.05) is 64.5 Å². The number of benzene rings is 3. The molecule has 0 spiro atoms. The molecule has 0 unspecified atom stereocenters. The van der Waals surface area contributed by atoms with E-state index in [4.69, 9.17) is 0 Å². The third-order valence-corrected chi connectivity index (χ3v) is 6.23. The van der Waals surface area contributed by atoms with Crippen molar-refractivity contribution in [2.24, 2.45) is 5.10 Å². The minimum absolute atomic E-state index is 0.185. The van der Waals surface area contributed by atoms with Gasteiger partial charge in [0.15, 0.2) is 0 Å². The quantitative estimate of drug-likeness (QED) is 0.309. The third kappa shape index (κ3) is 3.56. The first-order chi connectivity index (χ1) is 15.5. The standard InChI is InChI=1S/C26H21BrN4O/c1-17-23(15-28-31-18(2)29-24-13-12-20(27)14-22(24)26(31)32)21-10-6-7-11-25(21)30(17)16-19-8-4-3-5-9-19/h3-15H,16H2,1-2H3. The van der Waals surface area contributed by atoms with Gasteiger partial charge in [-0.15, -0.1) is 0 Å². The van der Waals surface area contributed by atoms with Crippen molar-refractivity contribution >= 4 is 44.0 Å². The normalized spacial score (nSPS) is 11.7. The van der Waals surface area contributed by atoms with Crippen LogP contribution >= 0.6 is 15.9 Å². The molecule has 6 heteroatoms. The largest absolute Gasteiger partial charge is 0.340 e. The van der Waals surface area contributed by atoms with E-state index in [1.807, 2.05) is 30.3 Å². The average Bonchev–Trinajstić information content (AvgIpc) is 3.06. The topological polar surface area (TPSA) is 52.2 Å². The van der Waals surface area contributed by atoms with Crippen molar-refractivity contribution in [2.45, 2.75) is 20.4 Å². The Balaban J connectivity index is 1.64. The molecule has 2 heterocycles. The molecule has 0 saturated heterocycles. The second kappa shape index (κ2) is 8.20. The molecule has 0 aliphatic carbocycles. The Morgan fingerprint density at radius 2 is 1.72 bits per heavy atom. The summed E-state index contributed by atoms with van der Waals surface area (Å²) in [7, 11) is 0. The monoisotopic (exact) mass is 484 g/mol. The van der Waals surface area contributed by atoms with E-state index in [1.54, 1.807) is 19.2 Å². The van der Waals surface area contributed by atoms with Crippen LogP contribution in [-0.4, -0.2) is 20.4 Å². The Kier molecular flexibility index (Phi) is 5.23. The van der Waals surface area contributed by atoms with Crippen molar-refractivity contribution in [3.8, 4) is 0 Å². The van der Waals surface area contributed by atoms with Gasteiger partial charge in [0, 0.05) is 33.2 Å². The number of para-hydroxylation sites is 1. The lowest BCUT2D eigenvalue weighted by molar-refractivity contribution is 0.769. The molecule has 5 nitrogen and oxygen atoms in total. The molecular weight excluding hydrogens is 464 g/mol. The molecule has 0 bridgehead atoms.